The summed E-state index contributed by atoms with van der Waals surface area (Å²) in [7, 11) is 0.0209. The Bertz CT molecular complexity index is 784. The molecule has 0 aliphatic rings. The molecule has 7 nitrogen and oxygen atoms in total. The monoisotopic (exact) mass is 335 g/mol. The van der Waals surface area contributed by atoms with Crippen LogP contribution >= 0.6 is 0 Å². The van der Waals surface area contributed by atoms with Crippen molar-refractivity contribution in [3.05, 3.63) is 54.1 Å². The molecule has 0 aromatic heterocycles. The fraction of sp³-hybridized carbons (Fsp3) is 0.133. The average molecular weight is 335 g/mol. The van der Waals surface area contributed by atoms with E-state index in [1.165, 1.54) is 41.9 Å². The fourth-order valence-electron chi connectivity index (χ4n) is 1.89. The van der Waals surface area contributed by atoms with Gasteiger partial charge in [0, 0.05) is 31.0 Å². The number of hydroxylamine groups is 1. The Balaban J connectivity index is 2.19. The van der Waals surface area contributed by atoms with Crippen LogP contribution < -0.4 is 15.1 Å². The van der Waals surface area contributed by atoms with Gasteiger partial charge in [0.2, 0.25) is 0 Å². The molecule has 2 aromatic carbocycles. The Morgan fingerprint density at radius 2 is 1.57 bits per heavy atom. The Hall–Kier alpha value is -2.58. The van der Waals surface area contributed by atoms with E-state index in [0.717, 1.165) is 5.69 Å². The van der Waals surface area contributed by atoms with Gasteiger partial charge in [-0.25, -0.2) is 13.9 Å². The van der Waals surface area contributed by atoms with E-state index in [2.05, 4.69) is 4.72 Å². The topological polar surface area (TPSA) is 98.7 Å². The first kappa shape index (κ1) is 16.8. The van der Waals surface area contributed by atoms with E-state index in [1.807, 2.05) is 19.0 Å². The second kappa shape index (κ2) is 6.67. The van der Waals surface area contributed by atoms with Crippen LogP contribution in [0.3, 0.4) is 0 Å². The van der Waals surface area contributed by atoms with Crippen LogP contribution in [0.25, 0.3) is 0 Å². The molecule has 3 N–H and O–H groups in total. The third-order valence-corrected chi connectivity index (χ3v) is 4.56. The van der Waals surface area contributed by atoms with Crippen LogP contribution in [0.2, 0.25) is 0 Å². The summed E-state index contributed by atoms with van der Waals surface area (Å²) in [6.07, 6.45) is 0. The number of amides is 1. The standard InChI is InChI=1S/C15H17N3O4S/c1-18(2)13-7-9-14(10-8-13)23(21,22)17-12-5-3-11(4-6-12)15(19)16-20/h3-10,17,20H,1-2H3,(H,16,19). The highest BCUT2D eigenvalue weighted by Crippen LogP contribution is 2.19. The Labute approximate surface area is 134 Å². The van der Waals surface area contributed by atoms with Crippen LogP contribution in [0.4, 0.5) is 11.4 Å². The molecule has 0 saturated carbocycles. The second-order valence-electron chi connectivity index (χ2n) is 5.01. The number of rotatable bonds is 5. The number of nitrogens with zero attached hydrogens (tertiary/aromatic N) is 1. The van der Waals surface area contributed by atoms with E-state index in [-0.39, 0.29) is 10.5 Å². The number of hydrogen-bond donors (Lipinski definition) is 3. The average Bonchev–Trinajstić information content (AvgIpc) is 2.54. The third kappa shape index (κ3) is 3.99. The lowest BCUT2D eigenvalue weighted by Crippen LogP contribution is -2.18. The molecule has 122 valence electrons. The van der Waals surface area contributed by atoms with E-state index in [4.69, 9.17) is 5.21 Å². The predicted molar refractivity (Wildman–Crippen MR) is 87.3 cm³/mol. The smallest absolute Gasteiger partial charge is 0.274 e. The maximum atomic E-state index is 12.3. The van der Waals surface area contributed by atoms with Crippen LogP contribution in [-0.4, -0.2) is 33.6 Å². The molecule has 1 amide bonds. The highest BCUT2D eigenvalue weighted by molar-refractivity contribution is 7.92. The number of anilines is 2. The molecular formula is C15H17N3O4S. The largest absolute Gasteiger partial charge is 0.378 e. The minimum Gasteiger partial charge on any atom is -0.378 e. The van der Waals surface area contributed by atoms with Gasteiger partial charge < -0.3 is 4.90 Å². The van der Waals surface area contributed by atoms with E-state index < -0.39 is 15.9 Å². The molecule has 8 heteroatoms. The molecule has 0 radical (unpaired) electrons. The minimum atomic E-state index is -3.71. The first-order valence-electron chi connectivity index (χ1n) is 6.68. The number of sulfonamides is 1. The van der Waals surface area contributed by atoms with E-state index in [9.17, 15) is 13.2 Å². The van der Waals surface area contributed by atoms with Gasteiger partial charge >= 0.3 is 0 Å². The third-order valence-electron chi connectivity index (χ3n) is 3.16. The Morgan fingerprint density at radius 3 is 2.04 bits per heavy atom. The van der Waals surface area contributed by atoms with Crippen molar-refractivity contribution in [3.8, 4) is 0 Å². The first-order valence-corrected chi connectivity index (χ1v) is 8.16. The zero-order valence-corrected chi connectivity index (χ0v) is 13.5. The number of nitrogens with one attached hydrogen (secondary N) is 2. The molecule has 23 heavy (non-hydrogen) atoms. The van der Waals surface area contributed by atoms with Gasteiger partial charge in [0.1, 0.15) is 0 Å². The molecule has 0 aliphatic heterocycles. The normalized spacial score (nSPS) is 10.9. The van der Waals surface area contributed by atoms with Gasteiger partial charge in [0.15, 0.2) is 0 Å². The van der Waals surface area contributed by atoms with Crippen molar-refractivity contribution in [1.29, 1.82) is 0 Å². The van der Waals surface area contributed by atoms with Crippen LogP contribution in [0.1, 0.15) is 10.4 Å². The van der Waals surface area contributed by atoms with E-state index >= 15 is 0 Å². The zero-order valence-electron chi connectivity index (χ0n) is 12.6. The summed E-state index contributed by atoms with van der Waals surface area (Å²) < 4.78 is 27.1. The van der Waals surface area contributed by atoms with Gasteiger partial charge in [-0.1, -0.05) is 0 Å². The molecule has 2 aromatic rings. The molecule has 0 atom stereocenters. The lowest BCUT2D eigenvalue weighted by atomic mass is 10.2. The SMILES string of the molecule is CN(C)c1ccc(S(=O)(=O)Nc2ccc(C(=O)NO)cc2)cc1. The summed E-state index contributed by atoms with van der Waals surface area (Å²) in [6, 6.07) is 12.1. The fourth-order valence-corrected chi connectivity index (χ4v) is 2.95. The molecule has 0 bridgehead atoms. The Morgan fingerprint density at radius 1 is 1.00 bits per heavy atom. The van der Waals surface area contributed by atoms with E-state index in [1.54, 1.807) is 12.1 Å². The van der Waals surface area contributed by atoms with Crippen LogP contribution in [0, 0.1) is 0 Å². The Kier molecular flexibility index (Phi) is 4.87. The van der Waals surface area contributed by atoms with E-state index in [0.29, 0.717) is 5.69 Å². The molecule has 0 unspecified atom stereocenters. The number of benzene rings is 2. The first-order chi connectivity index (χ1) is 10.8. The highest BCUT2D eigenvalue weighted by Gasteiger charge is 2.14. The molecular weight excluding hydrogens is 318 g/mol. The predicted octanol–water partition coefficient (Wildman–Crippen LogP) is 1.67. The van der Waals surface area contributed by atoms with Crippen LogP contribution in [0.5, 0.6) is 0 Å². The summed E-state index contributed by atoms with van der Waals surface area (Å²) in [5, 5.41) is 8.54. The van der Waals surface area contributed by atoms with Gasteiger partial charge in [-0.05, 0) is 48.5 Å². The van der Waals surface area contributed by atoms with Crippen molar-refractivity contribution < 1.29 is 18.4 Å². The molecule has 0 fully saturated rings. The summed E-state index contributed by atoms with van der Waals surface area (Å²) in [4.78, 5) is 13.2. The van der Waals surface area contributed by atoms with Crippen molar-refractivity contribution in [2.24, 2.45) is 0 Å². The molecule has 0 saturated heterocycles. The molecule has 0 spiro atoms. The summed E-state index contributed by atoms with van der Waals surface area (Å²) in [5.41, 5.74) is 2.93. The van der Waals surface area contributed by atoms with Crippen molar-refractivity contribution >= 4 is 27.3 Å². The maximum Gasteiger partial charge on any atom is 0.274 e. The van der Waals surface area contributed by atoms with Gasteiger partial charge in [-0.3, -0.25) is 14.7 Å². The van der Waals surface area contributed by atoms with Crippen molar-refractivity contribution in [1.82, 2.24) is 5.48 Å². The van der Waals surface area contributed by atoms with Gasteiger partial charge in [0.25, 0.3) is 15.9 Å². The lowest BCUT2D eigenvalue weighted by molar-refractivity contribution is 0.0706. The zero-order chi connectivity index (χ0) is 17.0. The molecule has 0 heterocycles. The molecule has 0 aliphatic carbocycles. The number of carbonyl (C=O) groups excluding carboxylic acids is 1. The van der Waals surface area contributed by atoms with Crippen molar-refractivity contribution in [3.63, 3.8) is 0 Å². The quantitative estimate of drug-likeness (QED) is 0.570. The number of carbonyl (C=O) groups is 1. The summed E-state index contributed by atoms with van der Waals surface area (Å²) in [6.45, 7) is 0. The van der Waals surface area contributed by atoms with Crippen LogP contribution in [-0.2, 0) is 10.0 Å². The summed E-state index contributed by atoms with van der Waals surface area (Å²) >= 11 is 0. The maximum absolute atomic E-state index is 12.3. The minimum absolute atomic E-state index is 0.139. The van der Waals surface area contributed by atoms with Crippen LogP contribution in [0.15, 0.2) is 53.4 Å². The summed E-state index contributed by atoms with van der Waals surface area (Å²) in [5.74, 6) is -0.668. The van der Waals surface area contributed by atoms with Gasteiger partial charge in [0.05, 0.1) is 4.90 Å². The molecule has 2 rings (SSSR count). The van der Waals surface area contributed by atoms with Crippen molar-refractivity contribution in [2.45, 2.75) is 4.90 Å². The highest BCUT2D eigenvalue weighted by atomic mass is 32.2. The second-order valence-corrected chi connectivity index (χ2v) is 6.69. The van der Waals surface area contributed by atoms with Crippen molar-refractivity contribution in [2.75, 3.05) is 23.7 Å². The van der Waals surface area contributed by atoms with Gasteiger partial charge in [-0.2, -0.15) is 0 Å². The van der Waals surface area contributed by atoms with Gasteiger partial charge in [-0.15, -0.1) is 0 Å². The lowest BCUT2D eigenvalue weighted by Gasteiger charge is -2.13. The number of hydrogen-bond acceptors (Lipinski definition) is 5.